The maximum atomic E-state index is 10.2. The van der Waals surface area contributed by atoms with E-state index in [0.717, 1.165) is 5.56 Å². The molecule has 0 saturated heterocycles. The monoisotopic (exact) mass is 324 g/mol. The molecule has 6 heteroatoms. The van der Waals surface area contributed by atoms with Crippen molar-refractivity contribution in [1.29, 1.82) is 0 Å². The van der Waals surface area contributed by atoms with Gasteiger partial charge < -0.3 is 28.8 Å². The van der Waals surface area contributed by atoms with Crippen molar-refractivity contribution >= 4 is 6.08 Å². The SMILES string of the molecule is COCOc1cc(OCOC)c(C(C)O)c2c1C=CC(C)(C)O2. The van der Waals surface area contributed by atoms with Crippen molar-refractivity contribution in [1.82, 2.24) is 0 Å². The number of fused-ring (bicyclic) bond motifs is 1. The third kappa shape index (κ3) is 3.96. The fraction of sp³-hybridized carbons (Fsp3) is 0.529. The molecule has 0 spiro atoms. The number of benzene rings is 1. The van der Waals surface area contributed by atoms with E-state index >= 15 is 0 Å². The first kappa shape index (κ1) is 17.6. The zero-order chi connectivity index (χ0) is 17.0. The van der Waals surface area contributed by atoms with Crippen LogP contribution in [0.3, 0.4) is 0 Å². The summed E-state index contributed by atoms with van der Waals surface area (Å²) < 4.78 is 27.2. The Kier molecular flexibility index (Phi) is 5.51. The minimum Gasteiger partial charge on any atom is -0.482 e. The third-order valence-electron chi connectivity index (χ3n) is 3.38. The molecule has 128 valence electrons. The molecule has 0 amide bonds. The van der Waals surface area contributed by atoms with Crippen molar-refractivity contribution in [2.24, 2.45) is 0 Å². The molecule has 0 aromatic heterocycles. The molecule has 1 N–H and O–H groups in total. The molecule has 1 atom stereocenters. The predicted molar refractivity (Wildman–Crippen MR) is 85.8 cm³/mol. The van der Waals surface area contributed by atoms with E-state index in [1.807, 2.05) is 26.0 Å². The van der Waals surface area contributed by atoms with Crippen LogP contribution in [-0.2, 0) is 9.47 Å². The average Bonchev–Trinajstić information content (AvgIpc) is 2.48. The lowest BCUT2D eigenvalue weighted by Crippen LogP contribution is -2.29. The fourth-order valence-corrected chi connectivity index (χ4v) is 2.37. The number of rotatable bonds is 7. The Morgan fingerprint density at radius 2 is 1.74 bits per heavy atom. The summed E-state index contributed by atoms with van der Waals surface area (Å²) >= 11 is 0. The molecule has 0 bridgehead atoms. The van der Waals surface area contributed by atoms with E-state index in [1.165, 1.54) is 7.11 Å². The first-order chi connectivity index (χ1) is 10.9. The summed E-state index contributed by atoms with van der Waals surface area (Å²) in [6.07, 6.45) is 3.10. The van der Waals surface area contributed by atoms with Crippen molar-refractivity contribution in [2.45, 2.75) is 32.5 Å². The largest absolute Gasteiger partial charge is 0.482 e. The topological polar surface area (TPSA) is 66.4 Å². The summed E-state index contributed by atoms with van der Waals surface area (Å²) in [4.78, 5) is 0. The van der Waals surface area contributed by atoms with Crippen molar-refractivity contribution in [2.75, 3.05) is 27.8 Å². The molecule has 1 aromatic carbocycles. The maximum absolute atomic E-state index is 10.2. The van der Waals surface area contributed by atoms with Gasteiger partial charge in [0, 0.05) is 20.3 Å². The lowest BCUT2D eigenvalue weighted by molar-refractivity contribution is 0.0425. The summed E-state index contributed by atoms with van der Waals surface area (Å²) in [6.45, 7) is 5.70. The molecule has 1 aliphatic heterocycles. The van der Waals surface area contributed by atoms with E-state index in [9.17, 15) is 5.11 Å². The van der Waals surface area contributed by atoms with Crippen molar-refractivity contribution in [3.8, 4) is 17.2 Å². The number of aliphatic hydroxyl groups is 1. The summed E-state index contributed by atoms with van der Waals surface area (Å²) in [6, 6.07) is 1.71. The van der Waals surface area contributed by atoms with Gasteiger partial charge in [-0.05, 0) is 32.9 Å². The van der Waals surface area contributed by atoms with Gasteiger partial charge in [0.15, 0.2) is 13.6 Å². The van der Waals surface area contributed by atoms with Gasteiger partial charge in [0.05, 0.1) is 17.2 Å². The molecule has 0 radical (unpaired) electrons. The smallest absolute Gasteiger partial charge is 0.188 e. The molecule has 0 fully saturated rings. The second-order valence-electron chi connectivity index (χ2n) is 5.85. The molecule has 1 unspecified atom stereocenters. The van der Waals surface area contributed by atoms with Gasteiger partial charge >= 0.3 is 0 Å². The highest BCUT2D eigenvalue weighted by Crippen LogP contribution is 2.46. The Hall–Kier alpha value is -1.76. The number of hydrogen-bond acceptors (Lipinski definition) is 6. The van der Waals surface area contributed by atoms with Crippen LogP contribution in [0.2, 0.25) is 0 Å². The van der Waals surface area contributed by atoms with Crippen LogP contribution in [0.5, 0.6) is 17.2 Å². The second-order valence-corrected chi connectivity index (χ2v) is 5.85. The molecular formula is C17H24O6. The highest BCUT2D eigenvalue weighted by molar-refractivity contribution is 5.72. The number of hydrogen-bond donors (Lipinski definition) is 1. The Morgan fingerprint density at radius 3 is 2.30 bits per heavy atom. The van der Waals surface area contributed by atoms with E-state index in [-0.39, 0.29) is 13.6 Å². The van der Waals surface area contributed by atoms with Crippen LogP contribution in [0.1, 0.15) is 38.0 Å². The Labute approximate surface area is 136 Å². The van der Waals surface area contributed by atoms with Crippen molar-refractivity contribution < 1.29 is 28.8 Å². The lowest BCUT2D eigenvalue weighted by Gasteiger charge is -2.32. The normalized spacial score (nSPS) is 16.4. The van der Waals surface area contributed by atoms with Gasteiger partial charge in [0.2, 0.25) is 0 Å². The number of ether oxygens (including phenoxy) is 5. The molecule has 1 heterocycles. The second kappa shape index (κ2) is 7.21. The van der Waals surface area contributed by atoms with Gasteiger partial charge in [-0.15, -0.1) is 0 Å². The molecule has 0 saturated carbocycles. The first-order valence-electron chi connectivity index (χ1n) is 7.40. The van der Waals surface area contributed by atoms with E-state index in [1.54, 1.807) is 20.1 Å². The van der Waals surface area contributed by atoms with Crippen LogP contribution in [-0.4, -0.2) is 38.5 Å². The standard InChI is InChI=1S/C17H24O6/c1-11(18)15-14(22-10-20-5)8-13(21-9-19-4)12-6-7-17(2,3)23-16(12)15/h6-8,11,18H,9-10H2,1-5H3. The maximum Gasteiger partial charge on any atom is 0.188 e. The number of aliphatic hydroxyl groups excluding tert-OH is 1. The van der Waals surface area contributed by atoms with Crippen LogP contribution in [0, 0.1) is 0 Å². The van der Waals surface area contributed by atoms with Gasteiger partial charge in [0.25, 0.3) is 0 Å². The van der Waals surface area contributed by atoms with E-state index < -0.39 is 11.7 Å². The quantitative estimate of drug-likeness (QED) is 0.778. The molecular weight excluding hydrogens is 300 g/mol. The van der Waals surface area contributed by atoms with Gasteiger partial charge in [-0.25, -0.2) is 0 Å². The summed E-state index contributed by atoms with van der Waals surface area (Å²) in [5, 5.41) is 10.2. The van der Waals surface area contributed by atoms with E-state index in [2.05, 4.69) is 0 Å². The first-order valence-corrected chi connectivity index (χ1v) is 7.40. The lowest BCUT2D eigenvalue weighted by atomic mass is 9.96. The Bertz CT molecular complexity index is 577. The molecule has 0 aliphatic carbocycles. The summed E-state index contributed by atoms with van der Waals surface area (Å²) in [5.41, 5.74) is 0.830. The average molecular weight is 324 g/mol. The minimum absolute atomic E-state index is 0.0570. The van der Waals surface area contributed by atoms with Crippen molar-refractivity contribution in [3.63, 3.8) is 0 Å². The zero-order valence-corrected chi connectivity index (χ0v) is 14.2. The van der Waals surface area contributed by atoms with Gasteiger partial charge in [0.1, 0.15) is 22.8 Å². The highest BCUT2D eigenvalue weighted by atomic mass is 16.7. The van der Waals surface area contributed by atoms with Crippen LogP contribution in [0.15, 0.2) is 12.1 Å². The molecule has 6 nitrogen and oxygen atoms in total. The Morgan fingerprint density at radius 1 is 1.13 bits per heavy atom. The zero-order valence-electron chi connectivity index (χ0n) is 14.2. The van der Waals surface area contributed by atoms with Crippen molar-refractivity contribution in [3.05, 3.63) is 23.3 Å². The van der Waals surface area contributed by atoms with Crippen LogP contribution >= 0.6 is 0 Å². The van der Waals surface area contributed by atoms with Gasteiger partial charge in [-0.1, -0.05) is 0 Å². The predicted octanol–water partition coefficient (Wildman–Crippen LogP) is 2.89. The fourth-order valence-electron chi connectivity index (χ4n) is 2.37. The molecule has 1 aromatic rings. The minimum atomic E-state index is -0.769. The third-order valence-corrected chi connectivity index (χ3v) is 3.38. The van der Waals surface area contributed by atoms with Crippen LogP contribution in [0.25, 0.3) is 6.08 Å². The summed E-state index contributed by atoms with van der Waals surface area (Å²) in [5.74, 6) is 1.56. The molecule has 1 aliphatic rings. The summed E-state index contributed by atoms with van der Waals surface area (Å²) in [7, 11) is 3.08. The molecule has 2 rings (SSSR count). The van der Waals surface area contributed by atoms with E-state index in [0.29, 0.717) is 22.8 Å². The highest BCUT2D eigenvalue weighted by Gasteiger charge is 2.30. The Balaban J connectivity index is 2.58. The van der Waals surface area contributed by atoms with Crippen LogP contribution in [0.4, 0.5) is 0 Å². The van der Waals surface area contributed by atoms with Gasteiger partial charge in [-0.3, -0.25) is 0 Å². The molecule has 23 heavy (non-hydrogen) atoms. The van der Waals surface area contributed by atoms with Gasteiger partial charge in [-0.2, -0.15) is 0 Å². The number of methoxy groups -OCH3 is 2. The van der Waals surface area contributed by atoms with Crippen LogP contribution < -0.4 is 14.2 Å². The van der Waals surface area contributed by atoms with E-state index in [4.69, 9.17) is 23.7 Å².